The molecule has 1 saturated heterocycles. The maximum absolute atomic E-state index is 12.7. The number of carboxylic acids is 1. The van der Waals surface area contributed by atoms with Crippen molar-refractivity contribution in [1.82, 2.24) is 0 Å². The Morgan fingerprint density at radius 1 is 1.05 bits per heavy atom. The molecular formula is C25H30O14. The van der Waals surface area contributed by atoms with Gasteiger partial charge < -0.3 is 54.3 Å². The third-order valence-electron chi connectivity index (χ3n) is 6.15. The molecule has 0 aromatic heterocycles. The van der Waals surface area contributed by atoms with Crippen molar-refractivity contribution in [2.75, 3.05) is 20.3 Å². The van der Waals surface area contributed by atoms with Crippen LogP contribution < -0.4 is 0 Å². The number of aliphatic hydroxyl groups excluding tert-OH is 4. The van der Waals surface area contributed by atoms with Crippen LogP contribution >= 0.6 is 0 Å². The summed E-state index contributed by atoms with van der Waals surface area (Å²) >= 11 is 0. The standard InChI is InChI=1S/C25H30O14/c1-35-23(34)16-11-37-24(39-25-22(33)21(32)20(31)17(10-26)38-25)15(8-18(28)29)14(16)9-19(30)36-7-6-12-2-4-13(27)5-3-12/h2-5,8,11,14,17,20-22,24-27,31-33H,6-7,9-10H2,1H3,(H,28,29)/b15-8+. The molecule has 7 atom stereocenters. The first-order valence-corrected chi connectivity index (χ1v) is 11.8. The van der Waals surface area contributed by atoms with Crippen LogP contribution in [0.2, 0.25) is 0 Å². The van der Waals surface area contributed by atoms with Crippen molar-refractivity contribution in [2.24, 2.45) is 5.92 Å². The second-order valence-electron chi connectivity index (χ2n) is 8.74. The number of aliphatic carboxylic acids is 1. The quantitative estimate of drug-likeness (QED) is 0.147. The Kier molecular flexibility index (Phi) is 10.4. The number of carbonyl (C=O) groups excluding carboxylic acids is 2. The normalized spacial score (nSPS) is 29.7. The minimum Gasteiger partial charge on any atom is -0.508 e. The summed E-state index contributed by atoms with van der Waals surface area (Å²) in [7, 11) is 1.08. The van der Waals surface area contributed by atoms with E-state index in [1.54, 1.807) is 12.1 Å². The number of carboxylic acid groups (broad SMARTS) is 1. The lowest BCUT2D eigenvalue weighted by molar-refractivity contribution is -0.327. The fourth-order valence-corrected chi connectivity index (χ4v) is 4.07. The second kappa shape index (κ2) is 13.5. The van der Waals surface area contributed by atoms with E-state index in [0.29, 0.717) is 12.5 Å². The molecular weight excluding hydrogens is 524 g/mol. The average molecular weight is 555 g/mol. The summed E-state index contributed by atoms with van der Waals surface area (Å²) in [6, 6.07) is 6.25. The highest BCUT2D eigenvalue weighted by atomic mass is 16.8. The van der Waals surface area contributed by atoms with Crippen LogP contribution in [0.3, 0.4) is 0 Å². The summed E-state index contributed by atoms with van der Waals surface area (Å²) in [6.07, 6.45) is -8.56. The predicted octanol–water partition coefficient (Wildman–Crippen LogP) is -1.28. The zero-order valence-electron chi connectivity index (χ0n) is 20.8. The monoisotopic (exact) mass is 554 g/mol. The van der Waals surface area contributed by atoms with Crippen molar-refractivity contribution < 1.29 is 68.7 Å². The molecule has 6 N–H and O–H groups in total. The first-order chi connectivity index (χ1) is 18.5. The van der Waals surface area contributed by atoms with Gasteiger partial charge in [-0.3, -0.25) is 4.79 Å². The summed E-state index contributed by atoms with van der Waals surface area (Å²) in [5, 5.41) is 58.6. The fourth-order valence-electron chi connectivity index (χ4n) is 4.07. The molecule has 214 valence electrons. The minimum atomic E-state index is -1.83. The molecule has 0 saturated carbocycles. The molecule has 2 aliphatic rings. The topological polar surface area (TPSA) is 219 Å². The Morgan fingerprint density at radius 3 is 2.36 bits per heavy atom. The predicted molar refractivity (Wildman–Crippen MR) is 126 cm³/mol. The lowest BCUT2D eigenvalue weighted by atomic mass is 9.86. The number of phenolic OH excluding ortho intramolecular Hbond substituents is 1. The molecule has 2 heterocycles. The molecule has 14 heteroatoms. The minimum absolute atomic E-state index is 0.0487. The summed E-state index contributed by atoms with van der Waals surface area (Å²) in [6.45, 7) is -0.786. The van der Waals surface area contributed by atoms with Crippen LogP contribution in [0.4, 0.5) is 0 Å². The third-order valence-corrected chi connectivity index (χ3v) is 6.15. The van der Waals surface area contributed by atoms with Gasteiger partial charge in [0, 0.05) is 24.0 Å². The van der Waals surface area contributed by atoms with Crippen LogP contribution in [0.25, 0.3) is 0 Å². The maximum atomic E-state index is 12.7. The largest absolute Gasteiger partial charge is 0.508 e. The molecule has 14 nitrogen and oxygen atoms in total. The smallest absolute Gasteiger partial charge is 0.337 e. The van der Waals surface area contributed by atoms with Crippen LogP contribution in [0, 0.1) is 5.92 Å². The van der Waals surface area contributed by atoms with E-state index >= 15 is 0 Å². The van der Waals surface area contributed by atoms with E-state index < -0.39 is 73.8 Å². The number of benzene rings is 1. The number of methoxy groups -OCH3 is 1. The van der Waals surface area contributed by atoms with Crippen molar-refractivity contribution in [3.05, 3.63) is 53.3 Å². The molecule has 1 fully saturated rings. The highest BCUT2D eigenvalue weighted by Crippen LogP contribution is 2.36. The van der Waals surface area contributed by atoms with E-state index in [2.05, 4.69) is 0 Å². The van der Waals surface area contributed by atoms with E-state index in [1.165, 1.54) is 12.1 Å². The van der Waals surface area contributed by atoms with Gasteiger partial charge in [0.25, 0.3) is 0 Å². The van der Waals surface area contributed by atoms with Gasteiger partial charge in [0.1, 0.15) is 30.2 Å². The number of esters is 2. The second-order valence-corrected chi connectivity index (χ2v) is 8.74. The molecule has 3 rings (SSSR count). The lowest BCUT2D eigenvalue weighted by Crippen LogP contribution is -2.60. The lowest BCUT2D eigenvalue weighted by Gasteiger charge is -2.41. The van der Waals surface area contributed by atoms with E-state index in [-0.39, 0.29) is 23.5 Å². The Morgan fingerprint density at radius 2 is 1.74 bits per heavy atom. The number of carbonyl (C=O) groups is 3. The summed E-state index contributed by atoms with van der Waals surface area (Å²) in [5.41, 5.74) is 0.327. The van der Waals surface area contributed by atoms with Gasteiger partial charge in [-0.25, -0.2) is 9.59 Å². The number of aliphatic hydroxyl groups is 4. The van der Waals surface area contributed by atoms with Crippen molar-refractivity contribution in [3.63, 3.8) is 0 Å². The van der Waals surface area contributed by atoms with E-state index in [4.69, 9.17) is 23.7 Å². The van der Waals surface area contributed by atoms with Gasteiger partial charge in [0.15, 0.2) is 6.29 Å². The molecule has 39 heavy (non-hydrogen) atoms. The Labute approximate surface area is 222 Å². The molecule has 1 aromatic rings. The summed E-state index contributed by atoms with van der Waals surface area (Å²) < 4.78 is 26.2. The van der Waals surface area contributed by atoms with Gasteiger partial charge in [-0.1, -0.05) is 12.1 Å². The Bertz CT molecular complexity index is 1080. The molecule has 7 unspecified atom stereocenters. The van der Waals surface area contributed by atoms with Gasteiger partial charge >= 0.3 is 17.9 Å². The van der Waals surface area contributed by atoms with Crippen molar-refractivity contribution in [1.29, 1.82) is 0 Å². The molecule has 0 amide bonds. The Balaban J connectivity index is 1.80. The van der Waals surface area contributed by atoms with E-state index in [9.17, 15) is 45.0 Å². The van der Waals surface area contributed by atoms with Crippen LogP contribution in [0.15, 0.2) is 47.7 Å². The zero-order valence-corrected chi connectivity index (χ0v) is 20.8. The molecule has 0 radical (unpaired) electrons. The van der Waals surface area contributed by atoms with E-state index in [1.807, 2.05) is 0 Å². The van der Waals surface area contributed by atoms with Crippen LogP contribution in [0.5, 0.6) is 5.75 Å². The molecule has 0 aliphatic carbocycles. The van der Waals surface area contributed by atoms with Crippen molar-refractivity contribution >= 4 is 17.9 Å². The first-order valence-electron chi connectivity index (χ1n) is 11.8. The maximum Gasteiger partial charge on any atom is 0.337 e. The average Bonchev–Trinajstić information content (AvgIpc) is 2.91. The molecule has 0 spiro atoms. The SMILES string of the molecule is COC(=O)C1=COC(OC2OC(CO)C(O)C(O)C2O)/C(=C/C(=O)O)C1CC(=O)OCCc1ccc(O)cc1. The van der Waals surface area contributed by atoms with Crippen LogP contribution in [-0.2, 0) is 44.5 Å². The number of rotatable bonds is 10. The number of hydrogen-bond acceptors (Lipinski definition) is 13. The number of ether oxygens (including phenoxy) is 5. The third kappa shape index (κ3) is 7.53. The number of hydrogen-bond donors (Lipinski definition) is 6. The van der Waals surface area contributed by atoms with Crippen LogP contribution in [0.1, 0.15) is 12.0 Å². The summed E-state index contributed by atoms with van der Waals surface area (Å²) in [4.78, 5) is 36.8. The fraction of sp³-hybridized carbons (Fsp3) is 0.480. The zero-order chi connectivity index (χ0) is 28.7. The Hall–Kier alpha value is -3.53. The van der Waals surface area contributed by atoms with Gasteiger partial charge in [-0.2, -0.15) is 0 Å². The number of phenols is 1. The van der Waals surface area contributed by atoms with E-state index in [0.717, 1.165) is 18.9 Å². The van der Waals surface area contributed by atoms with Crippen molar-refractivity contribution in [3.8, 4) is 5.75 Å². The highest BCUT2D eigenvalue weighted by Gasteiger charge is 2.47. The van der Waals surface area contributed by atoms with Crippen LogP contribution in [-0.4, -0.2) is 106 Å². The van der Waals surface area contributed by atoms with Gasteiger partial charge in [-0.05, 0) is 17.7 Å². The first kappa shape index (κ1) is 30.0. The van der Waals surface area contributed by atoms with Gasteiger partial charge in [0.05, 0.1) is 38.6 Å². The van der Waals surface area contributed by atoms with Crippen molar-refractivity contribution in [2.45, 2.75) is 49.8 Å². The highest BCUT2D eigenvalue weighted by molar-refractivity contribution is 5.91. The van der Waals surface area contributed by atoms with Gasteiger partial charge in [-0.15, -0.1) is 0 Å². The summed E-state index contributed by atoms with van der Waals surface area (Å²) in [5.74, 6) is -4.36. The molecule has 1 aromatic carbocycles. The molecule has 2 aliphatic heterocycles. The number of aromatic hydroxyl groups is 1. The molecule has 0 bridgehead atoms. The van der Waals surface area contributed by atoms with Gasteiger partial charge in [0.2, 0.25) is 6.29 Å².